The second-order valence-electron chi connectivity index (χ2n) is 11.0. The molecule has 0 aliphatic rings. The number of hydrogen-bond acceptors (Lipinski definition) is 6. The van der Waals surface area contributed by atoms with Crippen LogP contribution in [0.5, 0.6) is 0 Å². The molecular formula is C40H27Cl3O2S4. The summed E-state index contributed by atoms with van der Waals surface area (Å²) in [4.78, 5) is 28.2. The third-order valence-corrected chi connectivity index (χ3v) is 13.4. The van der Waals surface area contributed by atoms with Crippen molar-refractivity contribution in [3.8, 4) is 0 Å². The first-order valence-corrected chi connectivity index (χ1v) is 19.1. The van der Waals surface area contributed by atoms with Crippen molar-refractivity contribution in [2.24, 2.45) is 0 Å². The molecule has 0 fully saturated rings. The minimum Gasteiger partial charge on any atom is -0.289 e. The Labute approximate surface area is 316 Å². The van der Waals surface area contributed by atoms with Crippen molar-refractivity contribution in [2.75, 3.05) is 0 Å². The molecule has 0 aliphatic heterocycles. The highest BCUT2D eigenvalue weighted by molar-refractivity contribution is 7.99. The van der Waals surface area contributed by atoms with E-state index in [4.69, 9.17) is 34.8 Å². The Morgan fingerprint density at radius 2 is 1.00 bits per heavy atom. The normalized spacial score (nSPS) is 10.9. The molecule has 0 N–H and O–H groups in total. The molecular weight excluding hydrogens is 747 g/mol. The lowest BCUT2D eigenvalue weighted by Crippen LogP contribution is -2.01. The molecule has 0 spiro atoms. The largest absolute Gasteiger partial charge is 0.289 e. The summed E-state index contributed by atoms with van der Waals surface area (Å²) in [7, 11) is 0. The van der Waals surface area contributed by atoms with E-state index >= 15 is 0 Å². The fourth-order valence-electron chi connectivity index (χ4n) is 5.06. The van der Waals surface area contributed by atoms with E-state index < -0.39 is 0 Å². The van der Waals surface area contributed by atoms with Gasteiger partial charge in [0, 0.05) is 45.6 Å². The molecule has 0 saturated carbocycles. The second kappa shape index (κ2) is 15.7. The zero-order valence-electron chi connectivity index (χ0n) is 26.2. The van der Waals surface area contributed by atoms with Crippen LogP contribution in [0.2, 0.25) is 15.1 Å². The van der Waals surface area contributed by atoms with Crippen molar-refractivity contribution >= 4 is 122 Å². The monoisotopic (exact) mass is 772 g/mol. The second-order valence-corrected chi connectivity index (χ2v) is 15.8. The van der Waals surface area contributed by atoms with Gasteiger partial charge in [-0.3, -0.25) is 9.59 Å². The van der Waals surface area contributed by atoms with Crippen molar-refractivity contribution in [1.82, 2.24) is 0 Å². The third-order valence-electron chi connectivity index (χ3n) is 7.72. The highest BCUT2D eigenvalue weighted by atomic mass is 35.5. The summed E-state index contributed by atoms with van der Waals surface area (Å²) in [5.41, 5.74) is 2.50. The quantitative estimate of drug-likeness (QED) is 0.140. The molecule has 244 valence electrons. The van der Waals surface area contributed by atoms with E-state index in [9.17, 15) is 9.59 Å². The summed E-state index contributed by atoms with van der Waals surface area (Å²) in [6.45, 7) is 4.13. The molecule has 9 heteroatoms. The maximum Gasteiger partial charge on any atom is 0.195 e. The summed E-state index contributed by atoms with van der Waals surface area (Å²) in [6.07, 6.45) is 0. The van der Waals surface area contributed by atoms with E-state index in [0.717, 1.165) is 39.4 Å². The van der Waals surface area contributed by atoms with Crippen LogP contribution >= 0.6 is 81.9 Å². The Morgan fingerprint density at radius 1 is 0.510 bits per heavy atom. The number of thiol groups is 1. The molecule has 6 aromatic carbocycles. The Hall–Kier alpha value is -3.33. The van der Waals surface area contributed by atoms with Gasteiger partial charge < -0.3 is 0 Å². The van der Waals surface area contributed by atoms with Crippen molar-refractivity contribution in [3.05, 3.63) is 168 Å². The van der Waals surface area contributed by atoms with Crippen molar-refractivity contribution < 1.29 is 0 Å². The predicted molar refractivity (Wildman–Crippen MR) is 220 cm³/mol. The zero-order chi connectivity index (χ0) is 34.7. The summed E-state index contributed by atoms with van der Waals surface area (Å²) in [6, 6.07) is 38.7. The van der Waals surface area contributed by atoms with Crippen LogP contribution in [0, 0.1) is 13.8 Å². The number of aryl methyl sites for hydroxylation is 2. The van der Waals surface area contributed by atoms with Gasteiger partial charge in [-0.2, -0.15) is 0 Å². The number of halogens is 3. The summed E-state index contributed by atoms with van der Waals surface area (Å²) >= 11 is 27.7. The van der Waals surface area contributed by atoms with Crippen LogP contribution in [-0.2, 0) is 0 Å². The van der Waals surface area contributed by atoms with Gasteiger partial charge in [0.2, 0.25) is 0 Å². The fourth-order valence-corrected chi connectivity index (χ4v) is 9.33. The Morgan fingerprint density at radius 3 is 1.55 bits per heavy atom. The smallest absolute Gasteiger partial charge is 0.195 e. The van der Waals surface area contributed by atoms with Gasteiger partial charge in [0.25, 0.3) is 0 Å². The molecule has 49 heavy (non-hydrogen) atoms. The van der Waals surface area contributed by atoms with Crippen LogP contribution in [0.15, 0.2) is 146 Å². The summed E-state index contributed by atoms with van der Waals surface area (Å²) < 4.78 is 3.51. The van der Waals surface area contributed by atoms with Gasteiger partial charge in [-0.25, -0.2) is 0 Å². The van der Waals surface area contributed by atoms with Crippen molar-refractivity contribution in [1.29, 1.82) is 0 Å². The lowest BCUT2D eigenvalue weighted by atomic mass is 10.2. The Kier molecular flexibility index (Phi) is 11.4. The highest BCUT2D eigenvalue weighted by Gasteiger charge is 2.14. The first kappa shape index (κ1) is 35.5. The number of hydrogen-bond donors (Lipinski definition) is 1. The molecule has 2 aromatic heterocycles. The summed E-state index contributed by atoms with van der Waals surface area (Å²) in [5, 5.41) is 4.39. The van der Waals surface area contributed by atoms with Gasteiger partial charge >= 0.3 is 0 Å². The van der Waals surface area contributed by atoms with Gasteiger partial charge in [0.05, 0.1) is 24.5 Å². The minimum absolute atomic E-state index is 0.00733. The molecule has 2 nitrogen and oxygen atoms in total. The highest BCUT2D eigenvalue weighted by Crippen LogP contribution is 2.40. The van der Waals surface area contributed by atoms with E-state index in [-0.39, 0.29) is 10.9 Å². The molecule has 0 bridgehead atoms. The molecule has 0 atom stereocenters. The lowest BCUT2D eigenvalue weighted by Gasteiger charge is -2.09. The molecule has 0 aliphatic carbocycles. The van der Waals surface area contributed by atoms with Gasteiger partial charge in [-0.15, -0.1) is 35.3 Å². The molecule has 0 saturated heterocycles. The predicted octanol–water partition coefficient (Wildman–Crippen LogP) is 13.5. The molecule has 8 aromatic rings. The van der Waals surface area contributed by atoms with Crippen LogP contribution in [0.1, 0.15) is 11.1 Å². The Balaban J connectivity index is 0.000000144. The fraction of sp³-hybridized carbons (Fsp3) is 0.0500. The van der Waals surface area contributed by atoms with Gasteiger partial charge in [-0.1, -0.05) is 107 Å². The molecule has 2 heterocycles. The third kappa shape index (κ3) is 7.72. The van der Waals surface area contributed by atoms with Gasteiger partial charge in [0.15, 0.2) is 10.9 Å². The van der Waals surface area contributed by atoms with E-state index in [0.29, 0.717) is 25.8 Å². The first-order chi connectivity index (χ1) is 23.6. The van der Waals surface area contributed by atoms with Crippen LogP contribution in [-0.4, -0.2) is 0 Å². The van der Waals surface area contributed by atoms with Crippen LogP contribution in [0.3, 0.4) is 0 Å². The molecule has 8 rings (SSSR count). The van der Waals surface area contributed by atoms with Gasteiger partial charge in [-0.05, 0) is 85.6 Å². The van der Waals surface area contributed by atoms with E-state index in [1.807, 2.05) is 104 Å². The molecule has 0 radical (unpaired) electrons. The SMILES string of the molecule is Cc1ccccc1S.Cc1ccccc1Sc1ccc2c(=O)c3ccccc3sc2c1Cl.O=c1c2ccccc2sc2c(Cl)c(Cl)ccc12. The number of fused-ring (bicyclic) bond motifs is 4. The van der Waals surface area contributed by atoms with E-state index in [1.54, 1.807) is 35.2 Å². The van der Waals surface area contributed by atoms with E-state index in [2.05, 4.69) is 31.7 Å². The number of benzene rings is 6. The van der Waals surface area contributed by atoms with Crippen LogP contribution < -0.4 is 10.9 Å². The van der Waals surface area contributed by atoms with Crippen LogP contribution in [0.25, 0.3) is 40.3 Å². The standard InChI is InChI=1S/C20H13ClOS2.C13H6Cl2OS.C7H8S/c1-12-6-2-4-8-15(12)23-17-11-10-14-19(22)13-7-3-5-9-16(13)24-20(14)18(17)21;14-9-6-5-8-12(16)7-3-1-2-4-10(7)17-13(8)11(9)15;1-6-4-2-3-5-7(6)8/h2-11H,1H3;1-6H;2-5,8H,1H3. The first-order valence-electron chi connectivity index (χ1n) is 15.1. The summed E-state index contributed by atoms with van der Waals surface area (Å²) in [5.74, 6) is 0. The Bertz CT molecular complexity index is 2590. The molecule has 0 amide bonds. The van der Waals surface area contributed by atoms with Crippen molar-refractivity contribution in [3.63, 3.8) is 0 Å². The maximum atomic E-state index is 12.7. The average molecular weight is 774 g/mol. The zero-order valence-corrected chi connectivity index (χ0v) is 31.8. The number of rotatable bonds is 2. The maximum absolute atomic E-state index is 12.7. The van der Waals surface area contributed by atoms with E-state index in [1.165, 1.54) is 27.4 Å². The minimum atomic E-state index is 0.00733. The average Bonchev–Trinajstić information content (AvgIpc) is 3.11. The lowest BCUT2D eigenvalue weighted by molar-refractivity contribution is 1.30. The topological polar surface area (TPSA) is 34.1 Å². The van der Waals surface area contributed by atoms with Crippen molar-refractivity contribution in [2.45, 2.75) is 28.5 Å². The van der Waals surface area contributed by atoms with Gasteiger partial charge in [0.1, 0.15) is 0 Å². The van der Waals surface area contributed by atoms with Crippen LogP contribution in [0.4, 0.5) is 0 Å². The molecule has 0 unspecified atom stereocenters.